The first kappa shape index (κ1) is 15.0. The van der Waals surface area contributed by atoms with Crippen molar-refractivity contribution >= 4 is 29.4 Å². The van der Waals surface area contributed by atoms with Crippen LogP contribution in [0.25, 0.3) is 0 Å². The SMILES string of the molecule is O=C(O)CN(CC(=O)O)C(=O)Cc1ccccc1Cl. The van der Waals surface area contributed by atoms with E-state index >= 15 is 0 Å². The van der Waals surface area contributed by atoms with Gasteiger partial charge in [0.25, 0.3) is 0 Å². The molecule has 7 heteroatoms. The highest BCUT2D eigenvalue weighted by molar-refractivity contribution is 6.31. The molecule has 0 unspecified atom stereocenters. The lowest BCUT2D eigenvalue weighted by atomic mass is 10.1. The summed E-state index contributed by atoms with van der Waals surface area (Å²) in [6.07, 6.45) is -0.139. The van der Waals surface area contributed by atoms with Crippen LogP contribution < -0.4 is 0 Å². The molecular formula is C12H12ClNO5. The summed E-state index contributed by atoms with van der Waals surface area (Å²) in [6.45, 7) is -1.31. The third-order valence-electron chi connectivity index (χ3n) is 2.30. The Hall–Kier alpha value is -2.08. The number of amides is 1. The standard InChI is InChI=1S/C12H12ClNO5/c13-9-4-2-1-3-8(9)5-10(15)14(6-11(16)17)7-12(18)19/h1-4H,5-7H2,(H,16,17)(H,18,19). The van der Waals surface area contributed by atoms with Crippen LogP contribution in [0.2, 0.25) is 5.02 Å². The van der Waals surface area contributed by atoms with Crippen molar-refractivity contribution in [1.82, 2.24) is 4.90 Å². The topological polar surface area (TPSA) is 94.9 Å². The number of carboxylic acids is 2. The lowest BCUT2D eigenvalue weighted by Crippen LogP contribution is -2.40. The van der Waals surface area contributed by atoms with Crippen molar-refractivity contribution in [1.29, 1.82) is 0 Å². The second kappa shape index (κ2) is 6.75. The van der Waals surface area contributed by atoms with E-state index in [0.29, 0.717) is 10.6 Å². The highest BCUT2D eigenvalue weighted by Crippen LogP contribution is 2.16. The van der Waals surface area contributed by atoms with Gasteiger partial charge in [-0.15, -0.1) is 0 Å². The number of hydrogen-bond acceptors (Lipinski definition) is 3. The van der Waals surface area contributed by atoms with Crippen molar-refractivity contribution in [3.05, 3.63) is 34.9 Å². The third-order valence-corrected chi connectivity index (χ3v) is 2.67. The zero-order chi connectivity index (χ0) is 14.4. The Labute approximate surface area is 114 Å². The molecule has 0 radical (unpaired) electrons. The van der Waals surface area contributed by atoms with Gasteiger partial charge in [0.1, 0.15) is 13.1 Å². The summed E-state index contributed by atoms with van der Waals surface area (Å²) in [7, 11) is 0. The number of carbonyl (C=O) groups excluding carboxylic acids is 1. The van der Waals surface area contributed by atoms with Crippen molar-refractivity contribution in [3.63, 3.8) is 0 Å². The molecule has 0 atom stereocenters. The fourth-order valence-electron chi connectivity index (χ4n) is 1.48. The van der Waals surface area contributed by atoms with Crippen molar-refractivity contribution in [2.45, 2.75) is 6.42 Å². The number of carbonyl (C=O) groups is 3. The average Bonchev–Trinajstić information content (AvgIpc) is 2.30. The van der Waals surface area contributed by atoms with E-state index < -0.39 is 30.9 Å². The first-order chi connectivity index (χ1) is 8.90. The molecule has 6 nitrogen and oxygen atoms in total. The predicted molar refractivity (Wildman–Crippen MR) is 67.0 cm³/mol. The minimum Gasteiger partial charge on any atom is -0.480 e. The summed E-state index contributed by atoms with van der Waals surface area (Å²) < 4.78 is 0. The molecule has 0 aromatic heterocycles. The molecule has 1 aromatic carbocycles. The number of nitrogens with zero attached hydrogens (tertiary/aromatic N) is 1. The first-order valence-corrected chi connectivity index (χ1v) is 5.72. The molecule has 19 heavy (non-hydrogen) atoms. The van der Waals surface area contributed by atoms with Crippen molar-refractivity contribution < 1.29 is 24.6 Å². The highest BCUT2D eigenvalue weighted by Gasteiger charge is 2.20. The molecule has 0 bridgehead atoms. The molecule has 0 aliphatic heterocycles. The molecule has 0 saturated carbocycles. The Morgan fingerprint density at radius 2 is 1.58 bits per heavy atom. The number of rotatable bonds is 6. The zero-order valence-electron chi connectivity index (χ0n) is 9.88. The van der Waals surface area contributed by atoms with E-state index in [1.165, 1.54) is 0 Å². The van der Waals surface area contributed by atoms with Crippen LogP contribution >= 0.6 is 11.6 Å². The maximum absolute atomic E-state index is 11.9. The van der Waals surface area contributed by atoms with E-state index in [4.69, 9.17) is 21.8 Å². The Kier molecular flexibility index (Phi) is 5.32. The Balaban J connectivity index is 2.79. The Morgan fingerprint density at radius 3 is 2.05 bits per heavy atom. The van der Waals surface area contributed by atoms with Crippen molar-refractivity contribution in [3.8, 4) is 0 Å². The number of halogens is 1. The van der Waals surface area contributed by atoms with Gasteiger partial charge in [-0.3, -0.25) is 14.4 Å². The van der Waals surface area contributed by atoms with Crippen LogP contribution in [0.1, 0.15) is 5.56 Å². The van der Waals surface area contributed by atoms with Gasteiger partial charge in [-0.25, -0.2) is 0 Å². The molecule has 2 N–H and O–H groups in total. The van der Waals surface area contributed by atoms with E-state index in [1.807, 2.05) is 0 Å². The minimum absolute atomic E-state index is 0.139. The normalized spacial score (nSPS) is 9.95. The Morgan fingerprint density at radius 1 is 1.05 bits per heavy atom. The summed E-state index contributed by atoms with van der Waals surface area (Å²) in [5.74, 6) is -3.14. The molecule has 1 amide bonds. The van der Waals surface area contributed by atoms with Gasteiger partial charge in [0.2, 0.25) is 5.91 Å². The van der Waals surface area contributed by atoms with Gasteiger partial charge in [0.15, 0.2) is 0 Å². The van der Waals surface area contributed by atoms with Gasteiger partial charge in [0.05, 0.1) is 6.42 Å². The molecule has 1 aromatic rings. The summed E-state index contributed by atoms with van der Waals surface area (Å²) in [5, 5.41) is 17.7. The average molecular weight is 286 g/mol. The summed E-state index contributed by atoms with van der Waals surface area (Å²) in [5.41, 5.74) is 0.523. The molecule has 0 fully saturated rings. The van der Waals surface area contributed by atoms with Crippen LogP contribution in [-0.2, 0) is 20.8 Å². The molecule has 0 heterocycles. The number of carboxylic acid groups (broad SMARTS) is 2. The quantitative estimate of drug-likeness (QED) is 0.809. The lowest BCUT2D eigenvalue weighted by molar-refractivity contribution is -0.149. The van der Waals surface area contributed by atoms with E-state index in [1.54, 1.807) is 24.3 Å². The van der Waals surface area contributed by atoms with E-state index in [9.17, 15) is 14.4 Å². The van der Waals surface area contributed by atoms with Gasteiger partial charge in [-0.05, 0) is 11.6 Å². The zero-order valence-corrected chi connectivity index (χ0v) is 10.6. The summed E-state index contributed by atoms with van der Waals surface area (Å²) in [6, 6.07) is 6.61. The molecule has 1 rings (SSSR count). The van der Waals surface area contributed by atoms with Crippen molar-refractivity contribution in [2.24, 2.45) is 0 Å². The smallest absolute Gasteiger partial charge is 0.323 e. The van der Waals surface area contributed by atoms with Gasteiger partial charge >= 0.3 is 11.9 Å². The van der Waals surface area contributed by atoms with Crippen LogP contribution in [0.3, 0.4) is 0 Å². The van der Waals surface area contributed by atoms with Gasteiger partial charge in [-0.1, -0.05) is 29.8 Å². The van der Waals surface area contributed by atoms with Crippen LogP contribution in [0.5, 0.6) is 0 Å². The molecule has 0 saturated heterocycles. The van der Waals surface area contributed by atoms with Crippen LogP contribution in [0, 0.1) is 0 Å². The maximum atomic E-state index is 11.9. The van der Waals surface area contributed by atoms with Crippen LogP contribution in [0.15, 0.2) is 24.3 Å². The summed E-state index contributed by atoms with van der Waals surface area (Å²) in [4.78, 5) is 33.8. The van der Waals surface area contributed by atoms with Crippen molar-refractivity contribution in [2.75, 3.05) is 13.1 Å². The Bertz CT molecular complexity index is 487. The van der Waals surface area contributed by atoms with Crippen LogP contribution in [0.4, 0.5) is 0 Å². The van der Waals surface area contributed by atoms with E-state index in [0.717, 1.165) is 4.90 Å². The monoisotopic (exact) mass is 285 g/mol. The van der Waals surface area contributed by atoms with Gasteiger partial charge < -0.3 is 15.1 Å². The third kappa shape index (κ3) is 4.97. The van der Waals surface area contributed by atoms with E-state index in [-0.39, 0.29) is 6.42 Å². The minimum atomic E-state index is -1.27. The van der Waals surface area contributed by atoms with E-state index in [2.05, 4.69) is 0 Å². The molecule has 102 valence electrons. The fourth-order valence-corrected chi connectivity index (χ4v) is 1.68. The number of hydrogen-bond donors (Lipinski definition) is 2. The number of aliphatic carboxylic acids is 2. The second-order valence-electron chi connectivity index (χ2n) is 3.81. The maximum Gasteiger partial charge on any atom is 0.323 e. The van der Waals surface area contributed by atoms with Gasteiger partial charge in [0, 0.05) is 5.02 Å². The van der Waals surface area contributed by atoms with Crippen LogP contribution in [-0.4, -0.2) is 46.0 Å². The molecule has 0 spiro atoms. The number of benzene rings is 1. The highest BCUT2D eigenvalue weighted by atomic mass is 35.5. The largest absolute Gasteiger partial charge is 0.480 e. The molecular weight excluding hydrogens is 274 g/mol. The van der Waals surface area contributed by atoms with Gasteiger partial charge in [-0.2, -0.15) is 0 Å². The fraction of sp³-hybridized carbons (Fsp3) is 0.250. The summed E-state index contributed by atoms with van der Waals surface area (Å²) >= 11 is 5.88. The predicted octanol–water partition coefficient (Wildman–Crippen LogP) is 0.880. The molecule has 0 aliphatic carbocycles. The second-order valence-corrected chi connectivity index (χ2v) is 4.21. The molecule has 0 aliphatic rings. The first-order valence-electron chi connectivity index (χ1n) is 5.35. The lowest BCUT2D eigenvalue weighted by Gasteiger charge is -2.18.